The lowest BCUT2D eigenvalue weighted by Crippen LogP contribution is -2.37. The second kappa shape index (κ2) is 6.17. The maximum atomic E-state index is 12.0. The zero-order valence-electron chi connectivity index (χ0n) is 11.1. The van der Waals surface area contributed by atoms with Gasteiger partial charge in [0.05, 0.1) is 0 Å². The van der Waals surface area contributed by atoms with Gasteiger partial charge in [-0.3, -0.25) is 19.3 Å². The summed E-state index contributed by atoms with van der Waals surface area (Å²) >= 11 is 3.34. The minimum absolute atomic E-state index is 0.164. The second-order valence-corrected chi connectivity index (χ2v) is 5.63. The average molecular weight is 339 g/mol. The van der Waals surface area contributed by atoms with Crippen molar-refractivity contribution in [3.8, 4) is 0 Å². The molecule has 0 saturated carbocycles. The van der Waals surface area contributed by atoms with Crippen LogP contribution in [0, 0.1) is 6.92 Å². The van der Waals surface area contributed by atoms with Crippen LogP contribution in [0.25, 0.3) is 0 Å². The van der Waals surface area contributed by atoms with Crippen molar-refractivity contribution in [2.24, 2.45) is 0 Å². The molecule has 0 atom stereocenters. The topological polar surface area (TPSA) is 66.5 Å². The number of benzene rings is 1. The van der Waals surface area contributed by atoms with Crippen LogP contribution < -0.4 is 5.32 Å². The highest BCUT2D eigenvalue weighted by atomic mass is 79.9. The molecular weight excluding hydrogens is 324 g/mol. The van der Waals surface area contributed by atoms with E-state index in [1.54, 1.807) is 12.1 Å². The van der Waals surface area contributed by atoms with Gasteiger partial charge in [-0.15, -0.1) is 0 Å². The van der Waals surface area contributed by atoms with Gasteiger partial charge >= 0.3 is 0 Å². The van der Waals surface area contributed by atoms with Crippen molar-refractivity contribution in [2.45, 2.75) is 19.8 Å². The summed E-state index contributed by atoms with van der Waals surface area (Å²) in [5.74, 6) is -0.543. The van der Waals surface area contributed by atoms with Crippen LogP contribution in [0.3, 0.4) is 0 Å². The molecule has 5 nitrogen and oxygen atoms in total. The van der Waals surface area contributed by atoms with Crippen molar-refractivity contribution in [1.29, 1.82) is 0 Å². The molecule has 2 rings (SSSR count). The lowest BCUT2D eigenvalue weighted by molar-refractivity contribution is -0.138. The summed E-state index contributed by atoms with van der Waals surface area (Å²) in [7, 11) is 0. The third kappa shape index (κ3) is 3.45. The Hall–Kier alpha value is -1.69. The number of imide groups is 1. The van der Waals surface area contributed by atoms with Crippen LogP contribution in [0.5, 0.6) is 0 Å². The minimum atomic E-state index is -0.214. The Kier molecular flexibility index (Phi) is 4.54. The van der Waals surface area contributed by atoms with Gasteiger partial charge in [0.1, 0.15) is 0 Å². The van der Waals surface area contributed by atoms with E-state index in [-0.39, 0.29) is 43.7 Å². The molecule has 0 aromatic heterocycles. The van der Waals surface area contributed by atoms with Crippen LogP contribution in [0.15, 0.2) is 22.7 Å². The first kappa shape index (κ1) is 14.7. The molecule has 1 aromatic carbocycles. The van der Waals surface area contributed by atoms with E-state index < -0.39 is 0 Å². The van der Waals surface area contributed by atoms with Crippen molar-refractivity contribution in [3.05, 3.63) is 33.8 Å². The van der Waals surface area contributed by atoms with E-state index in [1.165, 1.54) is 4.90 Å². The molecule has 1 saturated heterocycles. The molecule has 3 amide bonds. The summed E-state index contributed by atoms with van der Waals surface area (Å²) in [5.41, 5.74) is 1.53. The van der Waals surface area contributed by atoms with Crippen LogP contribution in [0.4, 0.5) is 0 Å². The third-order valence-corrected chi connectivity index (χ3v) is 3.54. The van der Waals surface area contributed by atoms with Gasteiger partial charge in [0.15, 0.2) is 0 Å². The van der Waals surface area contributed by atoms with E-state index in [0.717, 1.165) is 10.0 Å². The van der Waals surface area contributed by atoms with Gasteiger partial charge in [-0.25, -0.2) is 0 Å². The number of halogens is 1. The second-order valence-electron chi connectivity index (χ2n) is 4.71. The Bertz CT molecular complexity index is 535. The first-order valence-electron chi connectivity index (χ1n) is 6.36. The van der Waals surface area contributed by atoms with Crippen molar-refractivity contribution < 1.29 is 14.4 Å². The van der Waals surface area contributed by atoms with Gasteiger partial charge in [0.25, 0.3) is 5.91 Å². The molecule has 1 heterocycles. The summed E-state index contributed by atoms with van der Waals surface area (Å²) in [6, 6.07) is 5.43. The number of nitrogens with zero attached hydrogens (tertiary/aromatic N) is 1. The first-order chi connectivity index (χ1) is 9.47. The average Bonchev–Trinajstić information content (AvgIpc) is 2.69. The molecule has 106 valence electrons. The maximum absolute atomic E-state index is 12.0. The van der Waals surface area contributed by atoms with Gasteiger partial charge in [0, 0.05) is 36.0 Å². The monoisotopic (exact) mass is 338 g/mol. The van der Waals surface area contributed by atoms with Gasteiger partial charge in [-0.1, -0.05) is 15.9 Å². The van der Waals surface area contributed by atoms with Crippen molar-refractivity contribution in [3.63, 3.8) is 0 Å². The van der Waals surface area contributed by atoms with Crippen LogP contribution in [-0.2, 0) is 9.59 Å². The van der Waals surface area contributed by atoms with Crippen molar-refractivity contribution in [2.75, 3.05) is 13.1 Å². The molecule has 1 fully saturated rings. The Morgan fingerprint density at radius 2 is 1.90 bits per heavy atom. The summed E-state index contributed by atoms with van der Waals surface area (Å²) in [6.07, 6.45) is 0.551. The number of amides is 3. The molecule has 0 unspecified atom stereocenters. The van der Waals surface area contributed by atoms with Gasteiger partial charge in [-0.2, -0.15) is 0 Å². The standard InChI is InChI=1S/C14H15BrN2O3/c1-9-6-10(8-11(15)7-9)14(20)16-4-5-17-12(18)2-3-13(17)19/h6-8H,2-5H2,1H3,(H,16,20). The van der Waals surface area contributed by atoms with Gasteiger partial charge < -0.3 is 5.32 Å². The number of hydrogen-bond donors (Lipinski definition) is 1. The highest BCUT2D eigenvalue weighted by Gasteiger charge is 2.28. The Balaban J connectivity index is 1.89. The molecular formula is C14H15BrN2O3. The lowest BCUT2D eigenvalue weighted by atomic mass is 10.1. The summed E-state index contributed by atoms with van der Waals surface area (Å²) in [6.45, 7) is 2.40. The van der Waals surface area contributed by atoms with E-state index in [9.17, 15) is 14.4 Å². The zero-order valence-corrected chi connectivity index (χ0v) is 12.7. The molecule has 0 spiro atoms. The zero-order chi connectivity index (χ0) is 14.7. The molecule has 6 heteroatoms. The third-order valence-electron chi connectivity index (χ3n) is 3.08. The van der Waals surface area contributed by atoms with E-state index in [2.05, 4.69) is 21.2 Å². The van der Waals surface area contributed by atoms with Gasteiger partial charge in [0.2, 0.25) is 11.8 Å². The number of rotatable bonds is 4. The predicted octanol–water partition coefficient (Wildman–Crippen LogP) is 1.64. The van der Waals surface area contributed by atoms with E-state index >= 15 is 0 Å². The van der Waals surface area contributed by atoms with Crippen LogP contribution in [-0.4, -0.2) is 35.7 Å². The SMILES string of the molecule is Cc1cc(Br)cc(C(=O)NCCN2C(=O)CCC2=O)c1. The smallest absolute Gasteiger partial charge is 0.251 e. The lowest BCUT2D eigenvalue weighted by Gasteiger charge is -2.14. The fourth-order valence-corrected chi connectivity index (χ4v) is 2.73. The predicted molar refractivity (Wildman–Crippen MR) is 77.2 cm³/mol. The first-order valence-corrected chi connectivity index (χ1v) is 7.15. The van der Waals surface area contributed by atoms with E-state index in [0.29, 0.717) is 5.56 Å². The Morgan fingerprint density at radius 1 is 1.25 bits per heavy atom. The molecule has 1 aliphatic rings. The summed E-state index contributed by atoms with van der Waals surface area (Å²) in [5, 5.41) is 2.72. The molecule has 1 N–H and O–H groups in total. The highest BCUT2D eigenvalue weighted by molar-refractivity contribution is 9.10. The quantitative estimate of drug-likeness (QED) is 0.848. The molecule has 1 aromatic rings. The largest absolute Gasteiger partial charge is 0.350 e. The number of aryl methyl sites for hydroxylation is 1. The fourth-order valence-electron chi connectivity index (χ4n) is 2.12. The van der Waals surface area contributed by atoms with Gasteiger partial charge in [-0.05, 0) is 30.7 Å². The Labute approximate surface area is 125 Å². The molecule has 1 aliphatic heterocycles. The number of hydrogen-bond acceptors (Lipinski definition) is 3. The van der Waals surface area contributed by atoms with Crippen LogP contribution in [0.1, 0.15) is 28.8 Å². The van der Waals surface area contributed by atoms with Crippen LogP contribution >= 0.6 is 15.9 Å². The maximum Gasteiger partial charge on any atom is 0.251 e. The normalized spacial score (nSPS) is 14.8. The number of carbonyl (C=O) groups is 3. The number of likely N-dealkylation sites (tertiary alicyclic amines) is 1. The summed E-state index contributed by atoms with van der Waals surface area (Å²) < 4.78 is 0.840. The Morgan fingerprint density at radius 3 is 2.50 bits per heavy atom. The van der Waals surface area contributed by atoms with Crippen LogP contribution in [0.2, 0.25) is 0 Å². The number of carbonyl (C=O) groups excluding carboxylic acids is 3. The van der Waals surface area contributed by atoms with Crippen molar-refractivity contribution >= 4 is 33.7 Å². The van der Waals surface area contributed by atoms with E-state index in [1.807, 2.05) is 13.0 Å². The highest BCUT2D eigenvalue weighted by Crippen LogP contribution is 2.15. The molecule has 20 heavy (non-hydrogen) atoms. The molecule has 0 radical (unpaired) electrons. The minimum Gasteiger partial charge on any atom is -0.350 e. The number of nitrogens with one attached hydrogen (secondary N) is 1. The fraction of sp³-hybridized carbons (Fsp3) is 0.357. The van der Waals surface area contributed by atoms with E-state index in [4.69, 9.17) is 0 Å². The molecule has 0 aliphatic carbocycles. The summed E-state index contributed by atoms with van der Waals surface area (Å²) in [4.78, 5) is 36.0. The molecule has 0 bridgehead atoms. The van der Waals surface area contributed by atoms with Crippen molar-refractivity contribution in [1.82, 2.24) is 10.2 Å².